The molecule has 1 N–H and O–H groups in total. The Hall–Kier alpha value is -0.910. The fourth-order valence-corrected chi connectivity index (χ4v) is 2.08. The Balaban J connectivity index is 2.86. The van der Waals surface area contributed by atoms with Crippen molar-refractivity contribution in [3.05, 3.63) is 30.3 Å². The standard InChI is InChI=1S/C10H14O4S/c1-8(11)9(2)14-15(12,13)10-6-4-3-5-7-10/h3-9,11H,1-2H3. The number of rotatable bonds is 4. The third-order valence-electron chi connectivity index (χ3n) is 1.99. The molecule has 2 atom stereocenters. The Morgan fingerprint density at radius 2 is 1.73 bits per heavy atom. The highest BCUT2D eigenvalue weighted by Crippen LogP contribution is 2.14. The fourth-order valence-electron chi connectivity index (χ4n) is 0.923. The summed E-state index contributed by atoms with van der Waals surface area (Å²) in [6.07, 6.45) is -1.58. The zero-order valence-electron chi connectivity index (χ0n) is 8.62. The van der Waals surface area contributed by atoms with Crippen LogP contribution in [0.5, 0.6) is 0 Å². The molecular weight excluding hydrogens is 216 g/mol. The van der Waals surface area contributed by atoms with E-state index in [9.17, 15) is 8.42 Å². The van der Waals surface area contributed by atoms with E-state index in [1.54, 1.807) is 18.2 Å². The maximum atomic E-state index is 11.6. The molecule has 5 heteroatoms. The van der Waals surface area contributed by atoms with E-state index in [0.29, 0.717) is 0 Å². The quantitative estimate of drug-likeness (QED) is 0.788. The molecule has 84 valence electrons. The monoisotopic (exact) mass is 230 g/mol. The van der Waals surface area contributed by atoms with Gasteiger partial charge < -0.3 is 5.11 Å². The van der Waals surface area contributed by atoms with Crippen LogP contribution in [-0.2, 0) is 14.3 Å². The zero-order valence-corrected chi connectivity index (χ0v) is 9.44. The highest BCUT2D eigenvalue weighted by atomic mass is 32.2. The minimum atomic E-state index is -3.76. The molecule has 15 heavy (non-hydrogen) atoms. The minimum Gasteiger partial charge on any atom is -0.391 e. The number of benzene rings is 1. The van der Waals surface area contributed by atoms with E-state index in [1.807, 2.05) is 0 Å². The van der Waals surface area contributed by atoms with E-state index in [-0.39, 0.29) is 4.90 Å². The van der Waals surface area contributed by atoms with E-state index in [1.165, 1.54) is 26.0 Å². The molecule has 0 bridgehead atoms. The Labute approximate surface area is 89.6 Å². The summed E-state index contributed by atoms with van der Waals surface area (Å²) in [4.78, 5) is 0.0949. The zero-order chi connectivity index (χ0) is 11.5. The first-order valence-electron chi connectivity index (χ1n) is 4.60. The SMILES string of the molecule is CC(O)C(C)OS(=O)(=O)c1ccccc1. The number of hydrogen-bond acceptors (Lipinski definition) is 4. The second-order valence-electron chi connectivity index (χ2n) is 3.31. The van der Waals surface area contributed by atoms with Gasteiger partial charge in [-0.05, 0) is 26.0 Å². The van der Waals surface area contributed by atoms with Crippen molar-refractivity contribution >= 4 is 10.1 Å². The van der Waals surface area contributed by atoms with Crippen LogP contribution >= 0.6 is 0 Å². The molecule has 0 aromatic heterocycles. The van der Waals surface area contributed by atoms with Gasteiger partial charge in [-0.15, -0.1) is 0 Å². The van der Waals surface area contributed by atoms with Gasteiger partial charge in [-0.3, -0.25) is 4.18 Å². The molecule has 0 amide bonds. The highest BCUT2D eigenvalue weighted by molar-refractivity contribution is 7.86. The van der Waals surface area contributed by atoms with Crippen LogP contribution in [0.3, 0.4) is 0 Å². The van der Waals surface area contributed by atoms with Crippen LogP contribution in [0.25, 0.3) is 0 Å². The van der Waals surface area contributed by atoms with Crippen molar-refractivity contribution in [2.24, 2.45) is 0 Å². The second kappa shape index (κ2) is 4.74. The summed E-state index contributed by atoms with van der Waals surface area (Å²) in [7, 11) is -3.76. The molecule has 0 aliphatic carbocycles. The maximum Gasteiger partial charge on any atom is 0.297 e. The molecule has 4 nitrogen and oxygen atoms in total. The molecule has 1 rings (SSSR count). The van der Waals surface area contributed by atoms with Crippen LogP contribution in [-0.4, -0.2) is 25.7 Å². The lowest BCUT2D eigenvalue weighted by atomic mass is 10.3. The van der Waals surface area contributed by atoms with Gasteiger partial charge in [-0.2, -0.15) is 8.42 Å². The third-order valence-corrected chi connectivity index (χ3v) is 3.40. The number of aliphatic hydroxyl groups is 1. The molecule has 0 spiro atoms. The van der Waals surface area contributed by atoms with E-state index < -0.39 is 22.3 Å². The topological polar surface area (TPSA) is 63.6 Å². The average Bonchev–Trinajstić information content (AvgIpc) is 2.18. The van der Waals surface area contributed by atoms with E-state index in [0.717, 1.165) is 0 Å². The summed E-state index contributed by atoms with van der Waals surface area (Å²) < 4.78 is 28.0. The molecule has 0 saturated heterocycles. The first-order chi connectivity index (χ1) is 6.93. The molecular formula is C10H14O4S. The van der Waals surface area contributed by atoms with Crippen LogP contribution in [0.4, 0.5) is 0 Å². The van der Waals surface area contributed by atoms with Crippen molar-refractivity contribution in [2.75, 3.05) is 0 Å². The van der Waals surface area contributed by atoms with Gasteiger partial charge in [0.2, 0.25) is 0 Å². The highest BCUT2D eigenvalue weighted by Gasteiger charge is 2.21. The first-order valence-corrected chi connectivity index (χ1v) is 6.00. The molecule has 0 aliphatic heterocycles. The summed E-state index contributed by atoms with van der Waals surface area (Å²) >= 11 is 0. The molecule has 0 aliphatic rings. The Morgan fingerprint density at radius 3 is 2.20 bits per heavy atom. The van der Waals surface area contributed by atoms with Crippen LogP contribution in [0, 0.1) is 0 Å². The lowest BCUT2D eigenvalue weighted by molar-refractivity contribution is 0.0646. The van der Waals surface area contributed by atoms with Crippen molar-refractivity contribution in [3.63, 3.8) is 0 Å². The lowest BCUT2D eigenvalue weighted by Gasteiger charge is -2.15. The molecule has 1 aromatic rings. The van der Waals surface area contributed by atoms with Crippen LogP contribution in [0.2, 0.25) is 0 Å². The molecule has 0 fully saturated rings. The Kier molecular flexibility index (Phi) is 3.84. The van der Waals surface area contributed by atoms with Gasteiger partial charge in [0, 0.05) is 0 Å². The Bertz CT molecular complexity index is 397. The first kappa shape index (κ1) is 12.2. The predicted octanol–water partition coefficient (Wildman–Crippen LogP) is 1.16. The summed E-state index contributed by atoms with van der Waals surface area (Å²) in [6.45, 7) is 2.98. The van der Waals surface area contributed by atoms with Crippen LogP contribution in [0.15, 0.2) is 35.2 Å². The van der Waals surface area contributed by atoms with E-state index in [2.05, 4.69) is 0 Å². The Morgan fingerprint density at radius 1 is 1.20 bits per heavy atom. The molecule has 0 heterocycles. The van der Waals surface area contributed by atoms with Gasteiger partial charge in [0.05, 0.1) is 11.0 Å². The van der Waals surface area contributed by atoms with Crippen molar-refractivity contribution in [1.29, 1.82) is 0 Å². The molecule has 0 saturated carbocycles. The third kappa shape index (κ3) is 3.30. The van der Waals surface area contributed by atoms with Gasteiger partial charge in [-0.1, -0.05) is 18.2 Å². The lowest BCUT2D eigenvalue weighted by Crippen LogP contribution is -2.26. The molecule has 0 radical (unpaired) electrons. The minimum absolute atomic E-state index is 0.0949. The second-order valence-corrected chi connectivity index (χ2v) is 4.88. The van der Waals surface area contributed by atoms with Gasteiger partial charge in [-0.25, -0.2) is 0 Å². The molecule has 1 aromatic carbocycles. The van der Waals surface area contributed by atoms with E-state index in [4.69, 9.17) is 9.29 Å². The van der Waals surface area contributed by atoms with Gasteiger partial charge in [0.1, 0.15) is 6.10 Å². The maximum absolute atomic E-state index is 11.6. The average molecular weight is 230 g/mol. The van der Waals surface area contributed by atoms with Crippen LogP contribution in [0.1, 0.15) is 13.8 Å². The van der Waals surface area contributed by atoms with Crippen LogP contribution < -0.4 is 0 Å². The van der Waals surface area contributed by atoms with E-state index >= 15 is 0 Å². The summed E-state index contributed by atoms with van der Waals surface area (Å²) in [5.74, 6) is 0. The van der Waals surface area contributed by atoms with Gasteiger partial charge in [0.15, 0.2) is 0 Å². The number of hydrogen-bond donors (Lipinski definition) is 1. The fraction of sp³-hybridized carbons (Fsp3) is 0.400. The van der Waals surface area contributed by atoms with Crippen molar-refractivity contribution in [3.8, 4) is 0 Å². The van der Waals surface area contributed by atoms with Crippen molar-refractivity contribution in [1.82, 2.24) is 0 Å². The largest absolute Gasteiger partial charge is 0.391 e. The summed E-state index contributed by atoms with van der Waals surface area (Å²) in [5, 5.41) is 9.14. The van der Waals surface area contributed by atoms with Crippen molar-refractivity contribution in [2.45, 2.75) is 31.0 Å². The normalized spacial score (nSPS) is 15.9. The predicted molar refractivity (Wildman–Crippen MR) is 55.9 cm³/mol. The number of aliphatic hydroxyl groups excluding tert-OH is 1. The summed E-state index contributed by atoms with van der Waals surface area (Å²) in [6, 6.07) is 7.85. The van der Waals surface area contributed by atoms with Gasteiger partial charge in [0.25, 0.3) is 10.1 Å². The summed E-state index contributed by atoms with van der Waals surface area (Å²) in [5.41, 5.74) is 0. The molecule has 2 unspecified atom stereocenters. The smallest absolute Gasteiger partial charge is 0.297 e. The van der Waals surface area contributed by atoms with Crippen molar-refractivity contribution < 1.29 is 17.7 Å². The van der Waals surface area contributed by atoms with Gasteiger partial charge >= 0.3 is 0 Å².